The molecule has 88 valence electrons. The zero-order valence-electron chi connectivity index (χ0n) is 9.96. The molecule has 4 heteroatoms. The van der Waals surface area contributed by atoms with E-state index in [-0.39, 0.29) is 0 Å². The van der Waals surface area contributed by atoms with Crippen molar-refractivity contribution in [3.63, 3.8) is 0 Å². The molecule has 0 amide bonds. The van der Waals surface area contributed by atoms with Crippen LogP contribution in [0.1, 0.15) is 5.56 Å². The van der Waals surface area contributed by atoms with Crippen LogP contribution in [0.3, 0.4) is 0 Å². The molecule has 18 heavy (non-hydrogen) atoms. The minimum Gasteiger partial charge on any atom is -0.382 e. The Hall–Kier alpha value is -2.49. The molecule has 0 saturated carbocycles. The molecule has 0 aliphatic carbocycles. The van der Waals surface area contributed by atoms with Crippen molar-refractivity contribution in [1.82, 2.24) is 15.2 Å². The molecule has 0 aliphatic heterocycles. The van der Waals surface area contributed by atoms with Crippen LogP contribution >= 0.6 is 0 Å². The van der Waals surface area contributed by atoms with Crippen LogP contribution < -0.4 is 5.73 Å². The van der Waals surface area contributed by atoms with Gasteiger partial charge in [-0.25, -0.2) is 0 Å². The number of nitrogens with two attached hydrogens (primary N) is 1. The minimum absolute atomic E-state index is 0.446. The molecule has 0 spiro atoms. The highest BCUT2D eigenvalue weighted by Gasteiger charge is 2.09. The number of aromatic nitrogens is 3. The highest BCUT2D eigenvalue weighted by Crippen LogP contribution is 2.26. The zero-order chi connectivity index (χ0) is 12.5. The Morgan fingerprint density at radius 3 is 2.44 bits per heavy atom. The van der Waals surface area contributed by atoms with Crippen molar-refractivity contribution in [2.45, 2.75) is 6.92 Å². The first kappa shape index (κ1) is 10.7. The number of pyridine rings is 1. The van der Waals surface area contributed by atoms with Crippen molar-refractivity contribution in [3.8, 4) is 11.4 Å². The Balaban J connectivity index is 2.30. The van der Waals surface area contributed by atoms with Gasteiger partial charge < -0.3 is 5.73 Å². The van der Waals surface area contributed by atoms with Crippen LogP contribution in [0.5, 0.6) is 0 Å². The van der Waals surface area contributed by atoms with E-state index in [4.69, 9.17) is 5.73 Å². The Morgan fingerprint density at radius 1 is 0.944 bits per heavy atom. The molecule has 2 aromatic heterocycles. The lowest BCUT2D eigenvalue weighted by Gasteiger charge is -2.06. The Bertz CT molecular complexity index is 705. The van der Waals surface area contributed by atoms with E-state index >= 15 is 0 Å². The van der Waals surface area contributed by atoms with E-state index in [1.807, 2.05) is 49.5 Å². The largest absolute Gasteiger partial charge is 0.382 e. The molecular formula is C14H12N4. The number of nitrogen functional groups attached to an aromatic ring is 1. The quantitative estimate of drug-likeness (QED) is 0.705. The van der Waals surface area contributed by atoms with Gasteiger partial charge in [-0.05, 0) is 18.6 Å². The van der Waals surface area contributed by atoms with Crippen LogP contribution in [0.15, 0.2) is 42.6 Å². The standard InChI is InChI=1S/C14H12N4/c1-9-6-7-12(16-8-9)13-10-4-2-3-5-11(10)14(15)18-17-13/h2-8H,1H3,(H2,15,18). The lowest BCUT2D eigenvalue weighted by atomic mass is 10.1. The summed E-state index contributed by atoms with van der Waals surface area (Å²) in [5.41, 5.74) is 8.52. The van der Waals surface area contributed by atoms with Crippen LogP contribution in [0.2, 0.25) is 0 Å². The fraction of sp³-hybridized carbons (Fsp3) is 0.0714. The Kier molecular flexibility index (Phi) is 2.41. The van der Waals surface area contributed by atoms with Gasteiger partial charge in [-0.15, -0.1) is 10.2 Å². The lowest BCUT2D eigenvalue weighted by molar-refractivity contribution is 1.05. The SMILES string of the molecule is Cc1ccc(-c2nnc(N)c3ccccc23)nc1. The normalized spacial score (nSPS) is 10.7. The fourth-order valence-electron chi connectivity index (χ4n) is 1.92. The second-order valence-electron chi connectivity index (χ2n) is 4.20. The number of hydrogen-bond acceptors (Lipinski definition) is 4. The van der Waals surface area contributed by atoms with Crippen molar-refractivity contribution < 1.29 is 0 Å². The van der Waals surface area contributed by atoms with Crippen molar-refractivity contribution >= 4 is 16.6 Å². The number of fused-ring (bicyclic) bond motifs is 1. The van der Waals surface area contributed by atoms with E-state index in [1.54, 1.807) is 0 Å². The first-order chi connectivity index (χ1) is 8.75. The maximum atomic E-state index is 5.83. The number of aryl methyl sites for hydroxylation is 1. The lowest BCUT2D eigenvalue weighted by Crippen LogP contribution is -1.98. The molecule has 2 N–H and O–H groups in total. The second-order valence-corrected chi connectivity index (χ2v) is 4.20. The predicted octanol–water partition coefficient (Wildman–Crippen LogP) is 2.58. The van der Waals surface area contributed by atoms with Gasteiger partial charge in [0.15, 0.2) is 5.82 Å². The van der Waals surface area contributed by atoms with Crippen LogP contribution in [0, 0.1) is 6.92 Å². The number of hydrogen-bond donors (Lipinski definition) is 1. The number of benzene rings is 1. The predicted molar refractivity (Wildman–Crippen MR) is 71.9 cm³/mol. The third kappa shape index (κ3) is 1.68. The monoisotopic (exact) mass is 236 g/mol. The van der Waals surface area contributed by atoms with E-state index in [1.165, 1.54) is 0 Å². The highest BCUT2D eigenvalue weighted by atomic mass is 15.1. The fourth-order valence-corrected chi connectivity index (χ4v) is 1.92. The van der Waals surface area contributed by atoms with Gasteiger partial charge in [0, 0.05) is 17.0 Å². The molecular weight excluding hydrogens is 224 g/mol. The van der Waals surface area contributed by atoms with Crippen LogP contribution in [0.25, 0.3) is 22.2 Å². The van der Waals surface area contributed by atoms with E-state index in [2.05, 4.69) is 15.2 Å². The summed E-state index contributed by atoms with van der Waals surface area (Å²) in [6.45, 7) is 2.00. The third-order valence-electron chi connectivity index (χ3n) is 2.87. The van der Waals surface area contributed by atoms with Gasteiger partial charge in [-0.1, -0.05) is 30.3 Å². The molecule has 1 aromatic carbocycles. The highest BCUT2D eigenvalue weighted by molar-refractivity contribution is 5.98. The number of rotatable bonds is 1. The Labute approximate surface area is 105 Å². The Morgan fingerprint density at radius 2 is 1.72 bits per heavy atom. The number of nitrogens with zero attached hydrogens (tertiary/aromatic N) is 3. The van der Waals surface area contributed by atoms with Crippen LogP contribution in [-0.2, 0) is 0 Å². The van der Waals surface area contributed by atoms with E-state index in [0.29, 0.717) is 5.82 Å². The zero-order valence-corrected chi connectivity index (χ0v) is 9.96. The van der Waals surface area contributed by atoms with Gasteiger partial charge >= 0.3 is 0 Å². The van der Waals surface area contributed by atoms with Crippen molar-refractivity contribution in [2.75, 3.05) is 5.73 Å². The molecule has 0 radical (unpaired) electrons. The average Bonchev–Trinajstić information content (AvgIpc) is 2.41. The molecule has 3 aromatic rings. The van der Waals surface area contributed by atoms with Gasteiger partial charge in [-0.3, -0.25) is 4.98 Å². The molecule has 0 fully saturated rings. The summed E-state index contributed by atoms with van der Waals surface area (Å²) in [5.74, 6) is 0.446. The third-order valence-corrected chi connectivity index (χ3v) is 2.87. The van der Waals surface area contributed by atoms with Crippen LogP contribution in [-0.4, -0.2) is 15.2 Å². The molecule has 2 heterocycles. The summed E-state index contributed by atoms with van der Waals surface area (Å²) in [6.07, 6.45) is 1.82. The van der Waals surface area contributed by atoms with Gasteiger partial charge in [0.05, 0.1) is 5.69 Å². The summed E-state index contributed by atoms with van der Waals surface area (Å²) >= 11 is 0. The van der Waals surface area contributed by atoms with Crippen molar-refractivity contribution in [3.05, 3.63) is 48.2 Å². The molecule has 0 atom stereocenters. The van der Waals surface area contributed by atoms with Crippen molar-refractivity contribution in [1.29, 1.82) is 0 Å². The molecule has 0 saturated heterocycles. The van der Waals surface area contributed by atoms with E-state index < -0.39 is 0 Å². The number of anilines is 1. The smallest absolute Gasteiger partial charge is 0.154 e. The summed E-state index contributed by atoms with van der Waals surface area (Å²) < 4.78 is 0. The minimum atomic E-state index is 0.446. The maximum absolute atomic E-state index is 5.83. The molecule has 0 aliphatic rings. The summed E-state index contributed by atoms with van der Waals surface area (Å²) in [7, 11) is 0. The van der Waals surface area contributed by atoms with E-state index in [9.17, 15) is 0 Å². The topological polar surface area (TPSA) is 64.7 Å². The first-order valence-corrected chi connectivity index (χ1v) is 5.69. The van der Waals surface area contributed by atoms with Gasteiger partial charge in [0.2, 0.25) is 0 Å². The van der Waals surface area contributed by atoms with Gasteiger partial charge in [0.25, 0.3) is 0 Å². The van der Waals surface area contributed by atoms with Gasteiger partial charge in [0.1, 0.15) is 5.69 Å². The molecule has 3 rings (SSSR count). The van der Waals surface area contributed by atoms with E-state index in [0.717, 1.165) is 27.7 Å². The summed E-state index contributed by atoms with van der Waals surface area (Å²) in [6, 6.07) is 11.8. The molecule has 4 nitrogen and oxygen atoms in total. The average molecular weight is 236 g/mol. The van der Waals surface area contributed by atoms with Crippen molar-refractivity contribution in [2.24, 2.45) is 0 Å². The first-order valence-electron chi connectivity index (χ1n) is 5.69. The molecule has 0 bridgehead atoms. The summed E-state index contributed by atoms with van der Waals surface area (Å²) in [5, 5.41) is 10.0. The van der Waals surface area contributed by atoms with Gasteiger partial charge in [-0.2, -0.15) is 0 Å². The van der Waals surface area contributed by atoms with Crippen LogP contribution in [0.4, 0.5) is 5.82 Å². The molecule has 0 unspecified atom stereocenters. The maximum Gasteiger partial charge on any atom is 0.154 e. The summed E-state index contributed by atoms with van der Waals surface area (Å²) in [4.78, 5) is 4.38. The second kappa shape index (κ2) is 4.07.